The van der Waals surface area contributed by atoms with Crippen molar-refractivity contribution in [2.75, 3.05) is 6.61 Å². The minimum absolute atomic E-state index is 0.502. The van der Waals surface area contributed by atoms with Gasteiger partial charge in [-0.3, -0.25) is 0 Å². The van der Waals surface area contributed by atoms with E-state index in [1.54, 1.807) is 0 Å². The number of aliphatic hydroxyl groups is 3. The quantitative estimate of drug-likeness (QED) is 0.0593. The number of rotatable bonds is 39. The number of benzene rings is 2. The molecule has 2 aromatic rings. The molecule has 0 saturated heterocycles. The summed E-state index contributed by atoms with van der Waals surface area (Å²) in [5.74, 6) is 1.24. The van der Waals surface area contributed by atoms with E-state index in [1.807, 2.05) is 24.3 Å². The molecular weight excluding hydrogens is 677 g/mol. The normalized spacial score (nSPS) is 12.7. The lowest BCUT2D eigenvalue weighted by atomic mass is 9.97. The van der Waals surface area contributed by atoms with E-state index in [4.69, 9.17) is 4.74 Å². The van der Waals surface area contributed by atoms with E-state index in [-0.39, 0.29) is 0 Å². The van der Waals surface area contributed by atoms with Gasteiger partial charge in [0.05, 0.1) is 6.61 Å². The molecule has 0 aliphatic heterocycles. The van der Waals surface area contributed by atoms with Crippen molar-refractivity contribution in [2.45, 2.75) is 244 Å². The van der Waals surface area contributed by atoms with Crippen LogP contribution in [-0.4, -0.2) is 28.0 Å². The second kappa shape index (κ2) is 35.3. The molecule has 2 aromatic carbocycles. The summed E-state index contributed by atoms with van der Waals surface area (Å²) in [7, 11) is 0. The number of aryl methyl sites for hydroxylation is 2. The number of unbranched alkanes of at least 4 members (excludes halogenated alkanes) is 30. The van der Waals surface area contributed by atoms with Gasteiger partial charge < -0.3 is 20.1 Å². The van der Waals surface area contributed by atoms with Gasteiger partial charge >= 0.3 is 0 Å². The Labute approximate surface area is 340 Å². The lowest BCUT2D eigenvalue weighted by Crippen LogP contribution is -2.22. The van der Waals surface area contributed by atoms with E-state index in [0.29, 0.717) is 17.1 Å². The molecule has 3 N–H and O–H groups in total. The molecular formula is C51H88O4. The van der Waals surface area contributed by atoms with Gasteiger partial charge in [0, 0.05) is 5.56 Å². The van der Waals surface area contributed by atoms with Crippen LogP contribution in [0.3, 0.4) is 0 Å². The van der Waals surface area contributed by atoms with E-state index in [1.165, 1.54) is 205 Å². The average Bonchev–Trinajstić information content (AvgIpc) is 3.21. The topological polar surface area (TPSA) is 69.9 Å². The maximum atomic E-state index is 10.9. The summed E-state index contributed by atoms with van der Waals surface area (Å²) in [6.07, 6.45) is 43.4. The number of aliphatic hydroxyl groups excluding tert-OH is 3. The van der Waals surface area contributed by atoms with Gasteiger partial charge in [-0.2, -0.15) is 0 Å². The number of hydrogen-bond acceptors (Lipinski definition) is 4. The summed E-state index contributed by atoms with van der Waals surface area (Å²) in [6.45, 7) is 4.07. The van der Waals surface area contributed by atoms with Crippen molar-refractivity contribution in [3.05, 3.63) is 59.2 Å². The van der Waals surface area contributed by atoms with E-state index in [0.717, 1.165) is 24.8 Å². The highest BCUT2D eigenvalue weighted by Crippen LogP contribution is 2.33. The summed E-state index contributed by atoms with van der Waals surface area (Å²) in [4.78, 5) is 0. The highest BCUT2D eigenvalue weighted by Gasteiger charge is 2.22. The van der Waals surface area contributed by atoms with Gasteiger partial charge in [0.25, 0.3) is 0 Å². The Morgan fingerprint density at radius 1 is 0.418 bits per heavy atom. The van der Waals surface area contributed by atoms with Crippen LogP contribution >= 0.6 is 0 Å². The smallest absolute Gasteiger partial charge is 0.133 e. The molecule has 0 aliphatic rings. The SMILES string of the molecule is CCCCCCCCCCCCCCCCCCc1ccc(Oc2ccc(CCCCCCCCCCCCCCCCCC)cc2C(O)C(O)CO)cc1. The Hall–Kier alpha value is -1.88. The van der Waals surface area contributed by atoms with Crippen LogP contribution in [-0.2, 0) is 12.8 Å². The highest BCUT2D eigenvalue weighted by atomic mass is 16.5. The first kappa shape index (κ1) is 49.3. The van der Waals surface area contributed by atoms with Crippen LogP contribution in [0.15, 0.2) is 42.5 Å². The van der Waals surface area contributed by atoms with Crippen LogP contribution in [0.2, 0.25) is 0 Å². The molecule has 0 radical (unpaired) electrons. The predicted molar refractivity (Wildman–Crippen MR) is 238 cm³/mol. The van der Waals surface area contributed by atoms with Gasteiger partial charge in [-0.1, -0.05) is 225 Å². The number of hydrogen-bond donors (Lipinski definition) is 3. The summed E-state index contributed by atoms with van der Waals surface area (Å²) in [6, 6.07) is 14.2. The zero-order valence-electron chi connectivity index (χ0n) is 36.2. The molecule has 2 rings (SSSR count). The minimum Gasteiger partial charge on any atom is -0.457 e. The molecule has 0 aliphatic carbocycles. The Morgan fingerprint density at radius 3 is 1.11 bits per heavy atom. The summed E-state index contributed by atoms with van der Waals surface area (Å²) < 4.78 is 6.25. The Morgan fingerprint density at radius 2 is 0.745 bits per heavy atom. The van der Waals surface area contributed by atoms with E-state index >= 15 is 0 Å². The van der Waals surface area contributed by atoms with Gasteiger partial charge in [-0.05, 0) is 61.1 Å². The van der Waals surface area contributed by atoms with Crippen molar-refractivity contribution in [1.82, 2.24) is 0 Å². The van der Waals surface area contributed by atoms with Crippen molar-refractivity contribution in [3.8, 4) is 11.5 Å². The van der Waals surface area contributed by atoms with Crippen LogP contribution in [0.4, 0.5) is 0 Å². The van der Waals surface area contributed by atoms with Crippen LogP contribution < -0.4 is 4.74 Å². The molecule has 0 aromatic heterocycles. The first-order valence-corrected chi connectivity index (χ1v) is 24.0. The second-order valence-corrected chi connectivity index (χ2v) is 16.9. The van der Waals surface area contributed by atoms with Gasteiger partial charge in [0.15, 0.2) is 0 Å². The molecule has 0 bridgehead atoms. The zero-order valence-corrected chi connectivity index (χ0v) is 36.2. The molecule has 0 saturated carbocycles. The molecule has 2 atom stereocenters. The molecule has 2 unspecified atom stereocenters. The lowest BCUT2D eigenvalue weighted by Gasteiger charge is -2.20. The molecule has 0 spiro atoms. The van der Waals surface area contributed by atoms with Crippen molar-refractivity contribution in [2.24, 2.45) is 0 Å². The summed E-state index contributed by atoms with van der Waals surface area (Å²) >= 11 is 0. The zero-order chi connectivity index (χ0) is 39.4. The summed E-state index contributed by atoms with van der Waals surface area (Å²) in [5.41, 5.74) is 2.99. The third kappa shape index (κ3) is 25.9. The van der Waals surface area contributed by atoms with Gasteiger partial charge in [0.2, 0.25) is 0 Å². The third-order valence-corrected chi connectivity index (χ3v) is 11.7. The van der Waals surface area contributed by atoms with Crippen LogP contribution in [0, 0.1) is 0 Å². The van der Waals surface area contributed by atoms with E-state index in [9.17, 15) is 15.3 Å². The highest BCUT2D eigenvalue weighted by molar-refractivity contribution is 5.43. The molecule has 55 heavy (non-hydrogen) atoms. The fourth-order valence-corrected chi connectivity index (χ4v) is 7.99. The maximum absolute atomic E-state index is 10.9. The predicted octanol–water partition coefficient (Wildman–Crippen LogP) is 15.5. The number of ether oxygens (including phenoxy) is 1. The molecule has 0 fully saturated rings. The Balaban J connectivity index is 1.60. The standard InChI is InChI=1S/C51H88O4/c1-3-5-7-9-11-13-15-17-19-21-23-25-27-29-31-33-35-45-37-40-47(41-38-45)55-50-42-39-46(43-48(50)51(54)49(53)44-52)36-34-32-30-28-26-24-22-20-18-16-14-12-10-8-6-4-2/h37-43,49,51-54H,3-36,44H2,1-2H3. The fraction of sp³-hybridized carbons (Fsp3) is 0.765. The van der Waals surface area contributed by atoms with Crippen molar-refractivity contribution < 1.29 is 20.1 Å². The fourth-order valence-electron chi connectivity index (χ4n) is 7.99. The van der Waals surface area contributed by atoms with Gasteiger partial charge in [0.1, 0.15) is 23.7 Å². The average molecular weight is 765 g/mol. The monoisotopic (exact) mass is 765 g/mol. The molecule has 0 amide bonds. The Bertz CT molecular complexity index is 1110. The largest absolute Gasteiger partial charge is 0.457 e. The van der Waals surface area contributed by atoms with Crippen molar-refractivity contribution in [1.29, 1.82) is 0 Å². The lowest BCUT2D eigenvalue weighted by molar-refractivity contribution is -0.0160. The van der Waals surface area contributed by atoms with Gasteiger partial charge in [-0.25, -0.2) is 0 Å². The second-order valence-electron chi connectivity index (χ2n) is 16.9. The summed E-state index contributed by atoms with van der Waals surface area (Å²) in [5, 5.41) is 30.8. The first-order chi connectivity index (χ1) is 27.1. The molecule has 0 heterocycles. The van der Waals surface area contributed by atoms with Gasteiger partial charge in [-0.15, -0.1) is 0 Å². The van der Waals surface area contributed by atoms with Crippen molar-refractivity contribution in [3.63, 3.8) is 0 Å². The minimum atomic E-state index is -1.25. The first-order valence-electron chi connectivity index (χ1n) is 24.0. The molecule has 4 heteroatoms. The third-order valence-electron chi connectivity index (χ3n) is 11.7. The van der Waals surface area contributed by atoms with Crippen molar-refractivity contribution >= 4 is 0 Å². The molecule has 4 nitrogen and oxygen atoms in total. The van der Waals surface area contributed by atoms with E-state index < -0.39 is 18.8 Å². The van der Waals surface area contributed by atoms with Crippen LogP contribution in [0.1, 0.15) is 242 Å². The van der Waals surface area contributed by atoms with Crippen LogP contribution in [0.5, 0.6) is 11.5 Å². The molecule has 316 valence electrons. The maximum Gasteiger partial charge on any atom is 0.133 e. The van der Waals surface area contributed by atoms with Crippen LogP contribution in [0.25, 0.3) is 0 Å². The Kier molecular flexibility index (Phi) is 31.6. The van der Waals surface area contributed by atoms with E-state index in [2.05, 4.69) is 32.0 Å².